The molecule has 0 aromatic heterocycles. The molecule has 1 atom stereocenters. The van der Waals surface area contributed by atoms with E-state index in [0.29, 0.717) is 25.9 Å². The third-order valence-electron chi connectivity index (χ3n) is 4.23. The van der Waals surface area contributed by atoms with Gasteiger partial charge in [0, 0.05) is 19.3 Å². The van der Waals surface area contributed by atoms with E-state index >= 15 is 0 Å². The van der Waals surface area contributed by atoms with Crippen LogP contribution in [0.3, 0.4) is 0 Å². The summed E-state index contributed by atoms with van der Waals surface area (Å²) in [5, 5.41) is 11.6. The summed E-state index contributed by atoms with van der Waals surface area (Å²) in [5.74, 6) is -1.22. The molecule has 26 heavy (non-hydrogen) atoms. The average molecular weight is 372 g/mol. The number of nitrogens with one attached hydrogen (secondary N) is 1. The van der Waals surface area contributed by atoms with E-state index in [-0.39, 0.29) is 18.3 Å². The molecule has 1 N–H and O–H groups in total. The Morgan fingerprint density at radius 2 is 1.58 bits per heavy atom. The Hall–Kier alpha value is -2.19. The molecule has 0 aromatic rings. The Morgan fingerprint density at radius 1 is 1.04 bits per heavy atom. The van der Waals surface area contributed by atoms with Crippen LogP contribution in [0.25, 0.3) is 0 Å². The van der Waals surface area contributed by atoms with Crippen molar-refractivity contribution in [3.05, 3.63) is 10.1 Å². The molecule has 0 aromatic carbocycles. The summed E-state index contributed by atoms with van der Waals surface area (Å²) in [6, 6.07) is -0.469. The van der Waals surface area contributed by atoms with Gasteiger partial charge in [0.15, 0.2) is 0 Å². The van der Waals surface area contributed by atoms with Crippen molar-refractivity contribution in [2.24, 2.45) is 0 Å². The summed E-state index contributed by atoms with van der Waals surface area (Å²) in [4.78, 5) is 47.6. The zero-order valence-electron chi connectivity index (χ0n) is 15.1. The first-order chi connectivity index (χ1) is 12.5. The quantitative estimate of drug-likeness (QED) is 0.215. The van der Waals surface area contributed by atoms with Crippen LogP contribution in [0.15, 0.2) is 0 Å². The summed E-state index contributed by atoms with van der Waals surface area (Å²) in [7, 11) is 0. The van der Waals surface area contributed by atoms with E-state index in [9.17, 15) is 24.5 Å². The number of esters is 1. The minimum absolute atomic E-state index is 0.0849. The molecule has 0 aliphatic carbocycles. The van der Waals surface area contributed by atoms with Gasteiger partial charge in [-0.3, -0.25) is 9.59 Å². The van der Waals surface area contributed by atoms with E-state index in [1.807, 2.05) is 0 Å². The molecule has 1 aliphatic heterocycles. The molecule has 0 saturated carbocycles. The lowest BCUT2D eigenvalue weighted by Gasteiger charge is -2.08. The second-order valence-electron chi connectivity index (χ2n) is 6.45. The number of unbranched alkanes of at least 4 members (excludes halogenated alkanes) is 8. The fourth-order valence-electron chi connectivity index (χ4n) is 2.81. The molecule has 9 nitrogen and oxygen atoms in total. The Bertz CT molecular complexity index is 482. The van der Waals surface area contributed by atoms with Crippen molar-refractivity contribution in [3.8, 4) is 0 Å². The minimum atomic E-state index is -1.07. The van der Waals surface area contributed by atoms with E-state index in [4.69, 9.17) is 4.74 Å². The molecule has 1 rings (SSSR count). The van der Waals surface area contributed by atoms with Crippen molar-refractivity contribution in [1.29, 1.82) is 0 Å². The summed E-state index contributed by atoms with van der Waals surface area (Å²) < 4.78 is 4.79. The van der Waals surface area contributed by atoms with Gasteiger partial charge in [0.2, 0.25) is 5.91 Å². The van der Waals surface area contributed by atoms with Gasteiger partial charge in [-0.2, -0.15) is 0 Å². The van der Waals surface area contributed by atoms with E-state index in [1.165, 1.54) is 0 Å². The monoisotopic (exact) mass is 372 g/mol. The fourth-order valence-corrected chi connectivity index (χ4v) is 2.81. The Balaban J connectivity index is 1.83. The predicted octanol–water partition coefficient (Wildman–Crippen LogP) is 2.44. The van der Waals surface area contributed by atoms with Crippen LogP contribution in [0.5, 0.6) is 0 Å². The molecule has 148 valence electrons. The highest BCUT2D eigenvalue weighted by atomic mass is 17.0. The topological polar surface area (TPSA) is 125 Å². The van der Waals surface area contributed by atoms with E-state index in [1.54, 1.807) is 0 Å². The van der Waals surface area contributed by atoms with Crippen LogP contribution in [0.2, 0.25) is 0 Å². The zero-order valence-corrected chi connectivity index (χ0v) is 15.1. The van der Waals surface area contributed by atoms with Crippen LogP contribution in [0, 0.1) is 10.1 Å². The maximum atomic E-state index is 11.7. The van der Waals surface area contributed by atoms with Gasteiger partial charge in [0.25, 0.3) is 0 Å². The molecule has 0 radical (unpaired) electrons. The van der Waals surface area contributed by atoms with Gasteiger partial charge in [0.05, 0.1) is 6.61 Å². The zero-order chi connectivity index (χ0) is 19.2. The van der Waals surface area contributed by atoms with Crippen LogP contribution in [0.4, 0.5) is 0 Å². The predicted molar refractivity (Wildman–Crippen MR) is 91.4 cm³/mol. The van der Waals surface area contributed by atoms with Crippen LogP contribution >= 0.6 is 0 Å². The van der Waals surface area contributed by atoms with Gasteiger partial charge in [0.1, 0.15) is 6.04 Å². The third-order valence-corrected chi connectivity index (χ3v) is 4.23. The maximum absolute atomic E-state index is 11.7. The summed E-state index contributed by atoms with van der Waals surface area (Å²) in [6.45, 7) is 0.382. The molecule has 1 amide bonds. The highest BCUT2D eigenvalue weighted by Gasteiger charge is 2.27. The summed E-state index contributed by atoms with van der Waals surface area (Å²) in [5.41, 5.74) is 0. The molecule has 0 bridgehead atoms. The van der Waals surface area contributed by atoms with E-state index in [2.05, 4.69) is 10.2 Å². The molecule has 1 heterocycles. The van der Waals surface area contributed by atoms with Crippen molar-refractivity contribution in [3.63, 3.8) is 0 Å². The van der Waals surface area contributed by atoms with Crippen molar-refractivity contribution < 1.29 is 29.0 Å². The van der Waals surface area contributed by atoms with Crippen LogP contribution in [-0.4, -0.2) is 35.6 Å². The van der Waals surface area contributed by atoms with E-state index < -0.39 is 17.1 Å². The fraction of sp³-hybridized carbons (Fsp3) is 0.824. The van der Waals surface area contributed by atoms with Gasteiger partial charge in [-0.05, 0) is 12.8 Å². The van der Waals surface area contributed by atoms with Gasteiger partial charge in [-0.1, -0.05) is 44.9 Å². The second kappa shape index (κ2) is 13.1. The second-order valence-corrected chi connectivity index (χ2v) is 6.45. The standard InChI is InChI=1S/C17H28N2O7/c20-15(18-14-12-13-25-17(14)22)10-8-6-4-2-1-3-5-7-9-11-16(21)26-19(23)24/h14H,1-13H2,(H,18,20). The molecule has 1 aliphatic rings. The highest BCUT2D eigenvalue weighted by molar-refractivity contribution is 5.85. The first kappa shape index (κ1) is 21.9. The van der Waals surface area contributed by atoms with Crippen molar-refractivity contribution >= 4 is 17.8 Å². The van der Waals surface area contributed by atoms with Crippen LogP contribution in [-0.2, 0) is 24.0 Å². The number of nitrogens with zero attached hydrogens (tertiary/aromatic N) is 1. The van der Waals surface area contributed by atoms with Gasteiger partial charge in [-0.15, -0.1) is 10.1 Å². The smallest absolute Gasteiger partial charge is 0.328 e. The third kappa shape index (κ3) is 10.6. The van der Waals surface area contributed by atoms with Gasteiger partial charge >= 0.3 is 17.0 Å². The van der Waals surface area contributed by atoms with Crippen molar-refractivity contribution in [2.75, 3.05) is 6.61 Å². The average Bonchev–Trinajstić information content (AvgIpc) is 2.96. The Kier molecular flexibility index (Phi) is 11.0. The number of cyclic esters (lactones) is 1. The normalized spacial score (nSPS) is 16.2. The molecule has 1 unspecified atom stereocenters. The largest absolute Gasteiger partial charge is 0.464 e. The number of hydrogen-bond acceptors (Lipinski definition) is 7. The summed E-state index contributed by atoms with van der Waals surface area (Å²) in [6.07, 6.45) is 9.65. The lowest BCUT2D eigenvalue weighted by molar-refractivity contribution is -0.729. The van der Waals surface area contributed by atoms with E-state index in [0.717, 1.165) is 51.4 Å². The Morgan fingerprint density at radius 3 is 2.08 bits per heavy atom. The molecule has 0 spiro atoms. The molecular formula is C17H28N2O7. The SMILES string of the molecule is O=C(CCCCCCCCCCCC(=O)O[N+](=O)[O-])NC1CCOC1=O. The number of amides is 1. The number of rotatable bonds is 14. The van der Waals surface area contributed by atoms with Gasteiger partial charge < -0.3 is 10.1 Å². The number of carbonyl (C=O) groups is 3. The van der Waals surface area contributed by atoms with Crippen molar-refractivity contribution in [2.45, 2.75) is 83.1 Å². The minimum Gasteiger partial charge on any atom is -0.464 e. The maximum Gasteiger partial charge on any atom is 0.328 e. The van der Waals surface area contributed by atoms with Crippen LogP contribution in [0.1, 0.15) is 77.0 Å². The Labute approximate surface area is 152 Å². The highest BCUT2D eigenvalue weighted by Crippen LogP contribution is 2.12. The molecule has 9 heteroatoms. The molecule has 1 saturated heterocycles. The first-order valence-electron chi connectivity index (χ1n) is 9.30. The number of carbonyl (C=O) groups excluding carboxylic acids is 3. The molecular weight excluding hydrogens is 344 g/mol. The molecule has 1 fully saturated rings. The number of hydrogen-bond donors (Lipinski definition) is 1. The summed E-state index contributed by atoms with van der Waals surface area (Å²) >= 11 is 0. The van der Waals surface area contributed by atoms with Crippen molar-refractivity contribution in [1.82, 2.24) is 5.32 Å². The first-order valence-corrected chi connectivity index (χ1v) is 9.30. The van der Waals surface area contributed by atoms with Gasteiger partial charge in [-0.25, -0.2) is 9.63 Å². The van der Waals surface area contributed by atoms with Crippen LogP contribution < -0.4 is 5.32 Å². The lowest BCUT2D eigenvalue weighted by Crippen LogP contribution is -2.37. The number of ether oxygens (including phenoxy) is 1. The lowest BCUT2D eigenvalue weighted by atomic mass is 10.1.